The van der Waals surface area contributed by atoms with E-state index in [2.05, 4.69) is 30.1 Å². The number of thiazole rings is 1. The summed E-state index contributed by atoms with van der Waals surface area (Å²) in [5, 5.41) is 0.452. The average Bonchev–Trinajstić information content (AvgIpc) is 2.77. The summed E-state index contributed by atoms with van der Waals surface area (Å²) in [4.78, 5) is 19.5. The zero-order chi connectivity index (χ0) is 14.3. The van der Waals surface area contributed by atoms with E-state index < -0.39 is 0 Å². The maximum Gasteiger partial charge on any atom is 0.270 e. The number of carbonyl (C=O) groups excluding carboxylic acids is 1. The highest BCUT2D eigenvalue weighted by atomic mass is 32.1. The third-order valence-electron chi connectivity index (χ3n) is 3.67. The fraction of sp³-hybridized carbons (Fsp3) is 0.333. The van der Waals surface area contributed by atoms with E-state index in [1.165, 1.54) is 16.9 Å². The highest BCUT2D eigenvalue weighted by Gasteiger charge is 2.27. The molecule has 0 radical (unpaired) electrons. The molecule has 1 aliphatic heterocycles. The monoisotopic (exact) mass is 287 g/mol. The molecule has 0 unspecified atom stereocenters. The van der Waals surface area contributed by atoms with Crippen LogP contribution < -0.4 is 10.6 Å². The quantitative estimate of drug-likeness (QED) is 0.877. The molecule has 3 rings (SSSR count). The summed E-state index contributed by atoms with van der Waals surface area (Å²) in [5.74, 6) is 0.0203. The Morgan fingerprint density at radius 3 is 2.90 bits per heavy atom. The number of fused-ring (bicyclic) bond motifs is 1. The molecule has 0 fully saturated rings. The molecule has 0 spiro atoms. The first-order valence-electron chi connectivity index (χ1n) is 6.71. The van der Waals surface area contributed by atoms with Gasteiger partial charge >= 0.3 is 0 Å². The van der Waals surface area contributed by atoms with Crippen molar-refractivity contribution in [2.24, 2.45) is 0 Å². The highest BCUT2D eigenvalue weighted by molar-refractivity contribution is 7.17. The van der Waals surface area contributed by atoms with Crippen molar-refractivity contribution in [1.82, 2.24) is 4.98 Å². The second-order valence-electron chi connectivity index (χ2n) is 5.11. The molecule has 5 heteroatoms. The summed E-state index contributed by atoms with van der Waals surface area (Å²) < 4.78 is 0. The Kier molecular flexibility index (Phi) is 3.22. The van der Waals surface area contributed by atoms with Crippen LogP contribution in [0.1, 0.15) is 32.9 Å². The molecule has 2 aromatic rings. The van der Waals surface area contributed by atoms with Crippen LogP contribution in [-0.4, -0.2) is 17.4 Å². The van der Waals surface area contributed by atoms with E-state index in [9.17, 15) is 4.79 Å². The number of nitrogen functional groups attached to an aromatic ring is 1. The maximum atomic E-state index is 12.8. The van der Waals surface area contributed by atoms with Gasteiger partial charge in [-0.2, -0.15) is 0 Å². The van der Waals surface area contributed by atoms with E-state index >= 15 is 0 Å². The van der Waals surface area contributed by atoms with Crippen molar-refractivity contribution in [1.29, 1.82) is 0 Å². The Bertz CT molecular complexity index is 678. The molecule has 0 saturated carbocycles. The number of benzene rings is 1. The normalized spacial score (nSPS) is 14.2. The van der Waals surface area contributed by atoms with Gasteiger partial charge in [0.05, 0.1) is 11.4 Å². The average molecular weight is 287 g/mol. The lowest BCUT2D eigenvalue weighted by molar-refractivity contribution is 0.0988. The molecule has 0 bridgehead atoms. The molecule has 2 heterocycles. The minimum absolute atomic E-state index is 0.0203. The molecule has 1 amide bonds. The summed E-state index contributed by atoms with van der Waals surface area (Å²) in [6.07, 6.45) is 2.03. The number of aryl methyl sites for hydroxylation is 3. The number of carbonyl (C=O) groups is 1. The fourth-order valence-corrected chi connectivity index (χ4v) is 3.57. The second-order valence-corrected chi connectivity index (χ2v) is 6.14. The number of anilines is 2. The smallest absolute Gasteiger partial charge is 0.270 e. The molecule has 104 valence electrons. The Morgan fingerprint density at radius 2 is 2.20 bits per heavy atom. The lowest BCUT2D eigenvalue weighted by Crippen LogP contribution is -2.36. The minimum atomic E-state index is 0.0203. The molecule has 1 aromatic heterocycles. The topological polar surface area (TPSA) is 59.2 Å². The Labute approximate surface area is 122 Å². The number of amides is 1. The molecule has 20 heavy (non-hydrogen) atoms. The van der Waals surface area contributed by atoms with E-state index in [4.69, 9.17) is 5.73 Å². The summed E-state index contributed by atoms with van der Waals surface area (Å²) in [5.41, 5.74) is 9.89. The van der Waals surface area contributed by atoms with Crippen molar-refractivity contribution in [2.75, 3.05) is 17.2 Å². The number of para-hydroxylation sites is 1. The van der Waals surface area contributed by atoms with Crippen LogP contribution in [0.15, 0.2) is 18.2 Å². The lowest BCUT2D eigenvalue weighted by atomic mass is 9.98. The predicted molar refractivity (Wildman–Crippen MR) is 82.4 cm³/mol. The molecule has 4 nitrogen and oxygen atoms in total. The number of hydrogen-bond donors (Lipinski definition) is 1. The Hall–Kier alpha value is -1.88. The van der Waals surface area contributed by atoms with Crippen molar-refractivity contribution in [3.05, 3.63) is 39.9 Å². The number of nitrogens with two attached hydrogens (primary N) is 1. The number of aromatic nitrogens is 1. The number of hydrogen-bond acceptors (Lipinski definition) is 4. The standard InChI is InChI=1S/C15H17N3OS/c1-9-5-3-6-11-7-4-8-18(12(9)11)14(19)13-10(2)17-15(16)20-13/h3,5-6H,4,7-8H2,1-2H3,(H2,16,17). The maximum absolute atomic E-state index is 12.8. The lowest BCUT2D eigenvalue weighted by Gasteiger charge is -2.30. The van der Waals surface area contributed by atoms with Gasteiger partial charge in [0.15, 0.2) is 5.13 Å². The van der Waals surface area contributed by atoms with Crippen molar-refractivity contribution in [3.63, 3.8) is 0 Å². The van der Waals surface area contributed by atoms with Gasteiger partial charge in [-0.15, -0.1) is 0 Å². The zero-order valence-electron chi connectivity index (χ0n) is 11.6. The molecule has 2 N–H and O–H groups in total. The van der Waals surface area contributed by atoms with Gasteiger partial charge in [0.1, 0.15) is 4.88 Å². The largest absolute Gasteiger partial charge is 0.375 e. The third kappa shape index (κ3) is 2.08. The predicted octanol–water partition coefficient (Wildman–Crippen LogP) is 2.94. The summed E-state index contributed by atoms with van der Waals surface area (Å²) in [6, 6.07) is 6.21. The van der Waals surface area contributed by atoms with Gasteiger partial charge in [-0.3, -0.25) is 4.79 Å². The molecule has 1 aromatic carbocycles. The van der Waals surface area contributed by atoms with Crippen LogP contribution in [0.4, 0.5) is 10.8 Å². The van der Waals surface area contributed by atoms with E-state index in [0.29, 0.717) is 10.0 Å². The van der Waals surface area contributed by atoms with Crippen molar-refractivity contribution in [3.8, 4) is 0 Å². The van der Waals surface area contributed by atoms with Crippen LogP contribution in [0.5, 0.6) is 0 Å². The first kappa shape index (κ1) is 13.1. The van der Waals surface area contributed by atoms with Crippen LogP contribution in [0, 0.1) is 13.8 Å². The van der Waals surface area contributed by atoms with Gasteiger partial charge in [0, 0.05) is 6.54 Å². The van der Waals surface area contributed by atoms with Gasteiger partial charge in [-0.25, -0.2) is 4.98 Å². The van der Waals surface area contributed by atoms with Gasteiger partial charge < -0.3 is 10.6 Å². The first-order valence-corrected chi connectivity index (χ1v) is 7.53. The molecule has 0 saturated heterocycles. The van der Waals surface area contributed by atoms with Crippen LogP contribution in [0.25, 0.3) is 0 Å². The summed E-state index contributed by atoms with van der Waals surface area (Å²) in [7, 11) is 0. The number of nitrogens with zero attached hydrogens (tertiary/aromatic N) is 2. The fourth-order valence-electron chi connectivity index (χ4n) is 2.79. The highest BCUT2D eigenvalue weighted by Crippen LogP contribution is 2.33. The van der Waals surface area contributed by atoms with Crippen LogP contribution >= 0.6 is 11.3 Å². The second kappa shape index (κ2) is 4.90. The molecule has 1 aliphatic rings. The SMILES string of the molecule is Cc1cccc2c1N(C(=O)c1sc(N)nc1C)CCC2. The summed E-state index contributed by atoms with van der Waals surface area (Å²) >= 11 is 1.27. The van der Waals surface area contributed by atoms with E-state index in [0.717, 1.165) is 36.3 Å². The van der Waals surface area contributed by atoms with Gasteiger partial charge in [-0.05, 0) is 37.8 Å². The molecular weight excluding hydrogens is 270 g/mol. The zero-order valence-corrected chi connectivity index (χ0v) is 12.5. The van der Waals surface area contributed by atoms with Gasteiger partial charge in [0.2, 0.25) is 0 Å². The van der Waals surface area contributed by atoms with Gasteiger partial charge in [-0.1, -0.05) is 29.5 Å². The van der Waals surface area contributed by atoms with Crippen LogP contribution in [0.3, 0.4) is 0 Å². The van der Waals surface area contributed by atoms with E-state index in [1.807, 2.05) is 11.8 Å². The third-order valence-corrected chi connectivity index (χ3v) is 4.65. The molecular formula is C15H17N3OS. The Morgan fingerprint density at radius 1 is 1.40 bits per heavy atom. The van der Waals surface area contributed by atoms with Crippen LogP contribution in [-0.2, 0) is 6.42 Å². The Balaban J connectivity index is 2.05. The van der Waals surface area contributed by atoms with Crippen LogP contribution in [0.2, 0.25) is 0 Å². The van der Waals surface area contributed by atoms with Crippen molar-refractivity contribution < 1.29 is 4.79 Å². The van der Waals surface area contributed by atoms with E-state index in [-0.39, 0.29) is 5.91 Å². The van der Waals surface area contributed by atoms with Crippen molar-refractivity contribution >= 4 is 28.1 Å². The van der Waals surface area contributed by atoms with Crippen molar-refractivity contribution in [2.45, 2.75) is 26.7 Å². The minimum Gasteiger partial charge on any atom is -0.375 e. The van der Waals surface area contributed by atoms with Gasteiger partial charge in [0.25, 0.3) is 5.91 Å². The summed E-state index contributed by atoms with van der Waals surface area (Å²) in [6.45, 7) is 4.65. The first-order chi connectivity index (χ1) is 9.58. The van der Waals surface area contributed by atoms with E-state index in [1.54, 1.807) is 0 Å². The molecule has 0 atom stereocenters. The molecule has 0 aliphatic carbocycles. The number of rotatable bonds is 1.